The van der Waals surface area contributed by atoms with Crippen LogP contribution < -0.4 is 5.32 Å². The maximum absolute atomic E-state index is 14.9. The Kier molecular flexibility index (Phi) is 12.9. The predicted octanol–water partition coefficient (Wildman–Crippen LogP) is 4.91. The van der Waals surface area contributed by atoms with E-state index in [2.05, 4.69) is 41.3 Å². The molecule has 2 aromatic carbocycles. The van der Waals surface area contributed by atoms with Crippen molar-refractivity contribution < 1.29 is 33.8 Å². The first-order chi connectivity index (χ1) is 24.6. The first-order valence-electron chi connectivity index (χ1n) is 17.9. The van der Waals surface area contributed by atoms with Gasteiger partial charge in [-0.2, -0.15) is 0 Å². The highest BCUT2D eigenvalue weighted by molar-refractivity contribution is 9.09. The largest absolute Gasteiger partial charge is 0.463 e. The number of hydrogen-bond acceptors (Lipinski definition) is 7. The van der Waals surface area contributed by atoms with Crippen LogP contribution in [0.15, 0.2) is 86.0 Å². The summed E-state index contributed by atoms with van der Waals surface area (Å²) >= 11 is 3.76. The van der Waals surface area contributed by atoms with E-state index in [-0.39, 0.29) is 48.9 Å². The van der Waals surface area contributed by atoms with E-state index in [1.165, 1.54) is 4.90 Å². The number of carbonyl (C=O) groups excluding carboxylic acids is 4. The number of amides is 3. The summed E-state index contributed by atoms with van der Waals surface area (Å²) in [7, 11) is 0. The van der Waals surface area contributed by atoms with Crippen LogP contribution in [0.1, 0.15) is 63.1 Å². The fourth-order valence-corrected chi connectivity index (χ4v) is 9.12. The Bertz CT molecular complexity index is 1560. The number of benzene rings is 2. The quantitative estimate of drug-likeness (QED) is 0.126. The summed E-state index contributed by atoms with van der Waals surface area (Å²) in [6.45, 7) is 11.4. The van der Waals surface area contributed by atoms with Crippen molar-refractivity contribution in [3.8, 4) is 0 Å². The lowest BCUT2D eigenvalue weighted by Crippen LogP contribution is -2.60. The Morgan fingerprint density at radius 3 is 2.45 bits per heavy atom. The van der Waals surface area contributed by atoms with E-state index in [0.29, 0.717) is 19.3 Å². The van der Waals surface area contributed by atoms with Gasteiger partial charge in [-0.05, 0) is 43.7 Å². The number of fused-ring (bicyclic) bond motifs is 1. The van der Waals surface area contributed by atoms with Crippen molar-refractivity contribution in [1.29, 1.82) is 0 Å². The van der Waals surface area contributed by atoms with Gasteiger partial charge in [-0.1, -0.05) is 102 Å². The average Bonchev–Trinajstić information content (AvgIpc) is 3.74. The average molecular weight is 765 g/mol. The minimum atomic E-state index is -1.32. The molecule has 2 bridgehead atoms. The normalized spacial score (nSPS) is 26.5. The van der Waals surface area contributed by atoms with Crippen molar-refractivity contribution in [1.82, 2.24) is 15.1 Å². The monoisotopic (exact) mass is 763 g/mol. The molecular weight excluding hydrogens is 714 g/mol. The number of allylic oxidation sites excluding steroid dienone is 1. The van der Waals surface area contributed by atoms with Crippen LogP contribution in [0.2, 0.25) is 0 Å². The van der Waals surface area contributed by atoms with E-state index in [4.69, 9.17) is 9.47 Å². The van der Waals surface area contributed by atoms with Crippen molar-refractivity contribution in [2.75, 3.05) is 19.8 Å². The number of likely N-dealkylation sites (tertiary alicyclic amines) is 1. The molecule has 0 saturated carbocycles. The number of alkyl halides is 1. The van der Waals surface area contributed by atoms with E-state index in [1.807, 2.05) is 67.6 Å². The molecule has 10 nitrogen and oxygen atoms in total. The zero-order valence-corrected chi connectivity index (χ0v) is 31.1. The van der Waals surface area contributed by atoms with Crippen molar-refractivity contribution in [2.45, 2.75) is 93.1 Å². The van der Waals surface area contributed by atoms with Crippen molar-refractivity contribution in [3.05, 3.63) is 97.1 Å². The van der Waals surface area contributed by atoms with Gasteiger partial charge in [-0.15, -0.1) is 13.2 Å². The standard InChI is InChI=1S/C40H50BrN3O7/c1-5-8-20-32(46)50-25-31(28-18-13-10-14-19-28)42-37(47)33-34-38(48)44(29(24-45)22-27-16-11-9-12-17-27)36(40(34)23-30(41)35(33)51-40)39(49)43(21-7-3)26(4)15-6-2/h5,7,9-14,16-19,26,29-31,33-36,45H,1,3,6,8,15,20-25H2,2,4H3,(H,42,47)/t26?,29-,30?,31+,33-,34+,35-,36-,40+/m1/s1. The molecule has 3 fully saturated rings. The Labute approximate surface area is 309 Å². The highest BCUT2D eigenvalue weighted by Crippen LogP contribution is 2.60. The molecule has 0 aromatic heterocycles. The lowest BCUT2D eigenvalue weighted by Gasteiger charge is -2.41. The SMILES string of the molecule is C=CCCC(=O)OC[C@H](NC(=O)[C@H]1[C@@H]2O[C@@]3(CC2Br)[C@@H]1C(=O)N([C@@H](CO)Cc1ccccc1)[C@@H]3C(=O)N(CC=C)C(C)CCC)c1ccccc1. The first kappa shape index (κ1) is 38.4. The predicted molar refractivity (Wildman–Crippen MR) is 198 cm³/mol. The fourth-order valence-electron chi connectivity index (χ4n) is 8.18. The van der Waals surface area contributed by atoms with Crippen LogP contribution in [-0.4, -0.2) is 93.0 Å². The van der Waals surface area contributed by atoms with Crippen molar-refractivity contribution >= 4 is 39.6 Å². The maximum atomic E-state index is 14.9. The molecule has 51 heavy (non-hydrogen) atoms. The topological polar surface area (TPSA) is 125 Å². The van der Waals surface area contributed by atoms with Crippen LogP contribution in [0, 0.1) is 11.8 Å². The van der Waals surface area contributed by atoms with Gasteiger partial charge in [0.1, 0.15) is 18.2 Å². The molecule has 0 radical (unpaired) electrons. The lowest BCUT2D eigenvalue weighted by molar-refractivity contribution is -0.152. The highest BCUT2D eigenvalue weighted by Gasteiger charge is 2.77. The molecule has 9 atom stereocenters. The zero-order valence-electron chi connectivity index (χ0n) is 29.5. The summed E-state index contributed by atoms with van der Waals surface area (Å²) in [6.07, 6.45) is 5.52. The van der Waals surface area contributed by atoms with Crippen LogP contribution in [0.3, 0.4) is 0 Å². The van der Waals surface area contributed by atoms with E-state index in [0.717, 1.165) is 24.0 Å². The summed E-state index contributed by atoms with van der Waals surface area (Å²) in [5.41, 5.74) is 0.319. The van der Waals surface area contributed by atoms with Gasteiger partial charge in [0.25, 0.3) is 0 Å². The van der Waals surface area contributed by atoms with Gasteiger partial charge < -0.3 is 29.7 Å². The van der Waals surface area contributed by atoms with Crippen LogP contribution in [-0.2, 0) is 35.1 Å². The van der Waals surface area contributed by atoms with Gasteiger partial charge in [0.2, 0.25) is 17.7 Å². The Morgan fingerprint density at radius 1 is 1.14 bits per heavy atom. The number of hydrogen-bond donors (Lipinski definition) is 2. The zero-order chi connectivity index (χ0) is 36.7. The molecule has 274 valence electrons. The minimum absolute atomic E-state index is 0.103. The second-order valence-electron chi connectivity index (χ2n) is 13.8. The summed E-state index contributed by atoms with van der Waals surface area (Å²) in [5, 5.41) is 13.9. The van der Waals surface area contributed by atoms with E-state index >= 15 is 0 Å². The second kappa shape index (κ2) is 17.1. The third-order valence-corrected chi connectivity index (χ3v) is 11.4. The summed E-state index contributed by atoms with van der Waals surface area (Å²) in [6, 6.07) is 16.1. The molecule has 11 heteroatoms. The highest BCUT2D eigenvalue weighted by atomic mass is 79.9. The number of aliphatic hydroxyl groups excluding tert-OH is 1. The van der Waals surface area contributed by atoms with Crippen molar-refractivity contribution in [2.24, 2.45) is 11.8 Å². The van der Waals surface area contributed by atoms with E-state index in [1.54, 1.807) is 17.1 Å². The number of halogens is 1. The van der Waals surface area contributed by atoms with Crippen molar-refractivity contribution in [3.63, 3.8) is 0 Å². The first-order valence-corrected chi connectivity index (χ1v) is 18.8. The fraction of sp³-hybridized carbons (Fsp3) is 0.500. The molecular formula is C40H50BrN3O7. The lowest BCUT2D eigenvalue weighted by atomic mass is 9.70. The number of aliphatic hydroxyl groups is 1. The Hall–Kier alpha value is -3.80. The number of nitrogens with zero attached hydrogens (tertiary/aromatic N) is 2. The molecule has 3 heterocycles. The molecule has 0 aliphatic carbocycles. The van der Waals surface area contributed by atoms with Gasteiger partial charge in [-0.25, -0.2) is 0 Å². The smallest absolute Gasteiger partial charge is 0.306 e. The van der Waals surface area contributed by atoms with Crippen LogP contribution in [0.5, 0.6) is 0 Å². The third-order valence-electron chi connectivity index (χ3n) is 10.5. The molecule has 3 aliphatic heterocycles. The number of esters is 1. The third kappa shape index (κ3) is 7.85. The van der Waals surface area contributed by atoms with E-state index in [9.17, 15) is 24.3 Å². The van der Waals surface area contributed by atoms with Gasteiger partial charge in [0, 0.05) is 23.8 Å². The summed E-state index contributed by atoms with van der Waals surface area (Å²) < 4.78 is 12.4. The van der Waals surface area contributed by atoms with Gasteiger partial charge in [0.15, 0.2) is 0 Å². The van der Waals surface area contributed by atoms with Gasteiger partial charge >= 0.3 is 5.97 Å². The minimum Gasteiger partial charge on any atom is -0.463 e. The molecule has 2 N–H and O–H groups in total. The number of rotatable bonds is 18. The number of nitrogens with one attached hydrogen (secondary N) is 1. The summed E-state index contributed by atoms with van der Waals surface area (Å²) in [5.74, 6) is -3.44. The number of ether oxygens (including phenoxy) is 2. The maximum Gasteiger partial charge on any atom is 0.306 e. The molecule has 2 unspecified atom stereocenters. The summed E-state index contributed by atoms with van der Waals surface area (Å²) in [4.78, 5) is 59.8. The van der Waals surface area contributed by atoms with Crippen LogP contribution >= 0.6 is 15.9 Å². The molecule has 3 aliphatic rings. The van der Waals surface area contributed by atoms with Crippen LogP contribution in [0.4, 0.5) is 0 Å². The number of carbonyl (C=O) groups is 4. The van der Waals surface area contributed by atoms with Gasteiger partial charge in [-0.3, -0.25) is 19.2 Å². The van der Waals surface area contributed by atoms with Gasteiger partial charge in [0.05, 0.1) is 36.6 Å². The van der Waals surface area contributed by atoms with Crippen LogP contribution in [0.25, 0.3) is 0 Å². The molecule has 3 saturated heterocycles. The molecule has 5 rings (SSSR count). The Morgan fingerprint density at radius 2 is 1.82 bits per heavy atom. The Balaban J connectivity index is 1.52. The molecule has 2 aromatic rings. The molecule has 1 spiro atoms. The molecule has 3 amide bonds. The van der Waals surface area contributed by atoms with E-state index < -0.39 is 53.5 Å². The second-order valence-corrected chi connectivity index (χ2v) is 15.0.